The summed E-state index contributed by atoms with van der Waals surface area (Å²) in [6.45, 7) is 10.6. The van der Waals surface area contributed by atoms with Crippen molar-refractivity contribution in [1.82, 2.24) is 24.4 Å². The van der Waals surface area contributed by atoms with Crippen LogP contribution >= 0.6 is 11.6 Å². The number of rotatable bonds is 5. The van der Waals surface area contributed by atoms with Crippen molar-refractivity contribution in [3.05, 3.63) is 87.8 Å². The fourth-order valence-corrected chi connectivity index (χ4v) is 6.44. The number of likely N-dealkylation sites (tertiary alicyclic amines) is 1. The molecule has 0 spiro atoms. The van der Waals surface area contributed by atoms with Crippen LogP contribution in [0.4, 0.5) is 10.2 Å². The number of aromatic nitrogens is 4. The number of fused-ring (bicyclic) bond motifs is 3. The van der Waals surface area contributed by atoms with Gasteiger partial charge >= 0.3 is 5.69 Å². The number of benzene rings is 1. The van der Waals surface area contributed by atoms with Crippen LogP contribution in [0.15, 0.2) is 60.0 Å². The maximum Gasteiger partial charge on any atom is 0.355 e. The zero-order chi connectivity index (χ0) is 29.0. The number of aryl methyl sites for hydroxylation is 1. The molecule has 10 heteroatoms. The third kappa shape index (κ3) is 4.48. The van der Waals surface area contributed by atoms with E-state index in [1.165, 1.54) is 16.7 Å². The minimum Gasteiger partial charge on any atom is -0.346 e. The second-order valence-electron chi connectivity index (χ2n) is 11.0. The Kier molecular flexibility index (Phi) is 6.85. The second-order valence-corrected chi connectivity index (χ2v) is 11.4. The lowest BCUT2D eigenvalue weighted by molar-refractivity contribution is -0.126. The van der Waals surface area contributed by atoms with E-state index in [1.807, 2.05) is 26.8 Å². The molecule has 2 saturated heterocycles. The standard InChI is InChI=1S/C31H30ClFN6O2/c1-5-25(40)37-15-19-10-11-20(16-37)38(19)30-22-14-23(32)27(21-8-6-7-9-24(21)33)35-29(22)39(31(41)36-30)28-18(4)12-13-34-26(28)17(2)3/h5-9,12-14,17,19-20H,1,10-11,15-16H2,2-4H3/t19-,20+. The van der Waals surface area contributed by atoms with E-state index in [0.29, 0.717) is 35.6 Å². The summed E-state index contributed by atoms with van der Waals surface area (Å²) in [7, 11) is 0. The van der Waals surface area contributed by atoms with Gasteiger partial charge in [0.15, 0.2) is 5.65 Å². The first-order valence-electron chi connectivity index (χ1n) is 13.7. The third-order valence-corrected chi connectivity index (χ3v) is 8.36. The molecule has 2 atom stereocenters. The minimum absolute atomic E-state index is 0.0104. The van der Waals surface area contributed by atoms with Crippen LogP contribution in [0.5, 0.6) is 0 Å². The van der Waals surface area contributed by atoms with Crippen molar-refractivity contribution in [2.24, 2.45) is 0 Å². The van der Waals surface area contributed by atoms with Crippen molar-refractivity contribution in [3.8, 4) is 16.9 Å². The average Bonchev–Trinajstić information content (AvgIpc) is 3.21. The van der Waals surface area contributed by atoms with Gasteiger partial charge < -0.3 is 9.80 Å². The summed E-state index contributed by atoms with van der Waals surface area (Å²) in [6, 6.07) is 9.81. The van der Waals surface area contributed by atoms with Crippen molar-refractivity contribution in [1.29, 1.82) is 0 Å². The first-order chi connectivity index (χ1) is 19.7. The Labute approximate surface area is 242 Å². The van der Waals surface area contributed by atoms with E-state index in [0.717, 1.165) is 24.1 Å². The molecule has 0 unspecified atom stereocenters. The van der Waals surface area contributed by atoms with Gasteiger partial charge in [-0.25, -0.2) is 18.7 Å². The zero-order valence-electron chi connectivity index (χ0n) is 23.1. The number of amides is 1. The minimum atomic E-state index is -0.510. The number of nitrogens with zero attached hydrogens (tertiary/aromatic N) is 6. The molecule has 8 nitrogen and oxygen atoms in total. The van der Waals surface area contributed by atoms with Gasteiger partial charge in [-0.3, -0.25) is 9.78 Å². The number of halogens is 2. The van der Waals surface area contributed by atoms with Crippen molar-refractivity contribution < 1.29 is 9.18 Å². The highest BCUT2D eigenvalue weighted by Gasteiger charge is 2.43. The summed E-state index contributed by atoms with van der Waals surface area (Å²) >= 11 is 6.80. The van der Waals surface area contributed by atoms with Gasteiger partial charge in [-0.1, -0.05) is 44.2 Å². The van der Waals surface area contributed by atoms with Gasteiger partial charge in [0.05, 0.1) is 27.5 Å². The SMILES string of the molecule is C=CC(=O)N1C[C@H]2CC[C@@H](C1)N2c1nc(=O)n(-c2c(C)ccnc2C(C)C)c2nc(-c3ccccc3F)c(Cl)cc12. The van der Waals surface area contributed by atoms with E-state index in [4.69, 9.17) is 16.6 Å². The Bertz CT molecular complexity index is 1760. The summed E-state index contributed by atoms with van der Waals surface area (Å²) in [4.78, 5) is 44.5. The first kappa shape index (κ1) is 27.1. The van der Waals surface area contributed by atoms with E-state index >= 15 is 0 Å². The van der Waals surface area contributed by atoms with Crippen molar-refractivity contribution >= 4 is 34.4 Å². The number of pyridine rings is 2. The predicted octanol–water partition coefficient (Wildman–Crippen LogP) is 5.43. The van der Waals surface area contributed by atoms with E-state index in [1.54, 1.807) is 35.4 Å². The Hall–Kier alpha value is -4.11. The molecule has 5 heterocycles. The monoisotopic (exact) mass is 572 g/mol. The summed E-state index contributed by atoms with van der Waals surface area (Å²) in [5.41, 5.74) is 2.45. The number of piperazine rings is 1. The third-order valence-electron chi connectivity index (χ3n) is 8.07. The first-order valence-corrected chi connectivity index (χ1v) is 14.1. The molecule has 0 N–H and O–H groups in total. The van der Waals surface area contributed by atoms with Gasteiger partial charge in [-0.05, 0) is 61.6 Å². The molecular weight excluding hydrogens is 543 g/mol. The molecule has 0 saturated carbocycles. The van der Waals surface area contributed by atoms with E-state index in [9.17, 15) is 14.0 Å². The van der Waals surface area contributed by atoms with Gasteiger partial charge in [0.1, 0.15) is 11.6 Å². The second kappa shape index (κ2) is 10.4. The normalized spacial score (nSPS) is 18.4. The lowest BCUT2D eigenvalue weighted by Gasteiger charge is -2.41. The van der Waals surface area contributed by atoms with Crippen LogP contribution in [-0.2, 0) is 4.79 Å². The van der Waals surface area contributed by atoms with Crippen molar-refractivity contribution in [3.63, 3.8) is 0 Å². The van der Waals surface area contributed by atoms with Gasteiger partial charge in [-0.15, -0.1) is 0 Å². The molecule has 0 radical (unpaired) electrons. The topological polar surface area (TPSA) is 84.2 Å². The molecule has 3 aromatic heterocycles. The van der Waals surface area contributed by atoms with Gasteiger partial charge in [0.2, 0.25) is 5.91 Å². The highest BCUT2D eigenvalue weighted by Crippen LogP contribution is 2.40. The molecule has 6 rings (SSSR count). The molecule has 2 aliphatic rings. The molecule has 2 fully saturated rings. The quantitative estimate of drug-likeness (QED) is 0.296. The van der Waals surface area contributed by atoms with Crippen LogP contribution in [-0.4, -0.2) is 55.5 Å². The van der Waals surface area contributed by atoms with Gasteiger partial charge in [0.25, 0.3) is 0 Å². The van der Waals surface area contributed by atoms with Crippen molar-refractivity contribution in [2.75, 3.05) is 18.0 Å². The number of carbonyl (C=O) groups excluding carboxylic acids is 1. The van der Waals surface area contributed by atoms with E-state index < -0.39 is 11.5 Å². The largest absolute Gasteiger partial charge is 0.355 e. The number of anilines is 1. The lowest BCUT2D eigenvalue weighted by Crippen LogP contribution is -2.55. The predicted molar refractivity (Wildman–Crippen MR) is 158 cm³/mol. The smallest absolute Gasteiger partial charge is 0.346 e. The fraction of sp³-hybridized carbons (Fsp3) is 0.323. The molecular formula is C31H30ClFN6O2. The van der Waals surface area contributed by atoms with E-state index in [-0.39, 0.29) is 40.2 Å². The molecule has 2 bridgehead atoms. The van der Waals surface area contributed by atoms with Crippen LogP contribution in [0.3, 0.4) is 0 Å². The number of carbonyl (C=O) groups is 1. The molecule has 0 aliphatic carbocycles. The number of hydrogen-bond acceptors (Lipinski definition) is 6. The molecule has 41 heavy (non-hydrogen) atoms. The molecule has 4 aromatic rings. The molecule has 1 aromatic carbocycles. The highest BCUT2D eigenvalue weighted by atomic mass is 35.5. The van der Waals surface area contributed by atoms with Crippen LogP contribution in [0.25, 0.3) is 28.0 Å². The maximum atomic E-state index is 15.0. The fourth-order valence-electron chi connectivity index (χ4n) is 6.19. The summed E-state index contributed by atoms with van der Waals surface area (Å²) < 4.78 is 16.5. The van der Waals surface area contributed by atoms with Gasteiger partial charge in [-0.2, -0.15) is 4.98 Å². The Morgan fingerprint density at radius 3 is 2.51 bits per heavy atom. The average molecular weight is 573 g/mol. The Morgan fingerprint density at radius 2 is 1.85 bits per heavy atom. The molecule has 2 aliphatic heterocycles. The Morgan fingerprint density at radius 1 is 1.15 bits per heavy atom. The van der Waals surface area contributed by atoms with E-state index in [2.05, 4.69) is 21.4 Å². The summed E-state index contributed by atoms with van der Waals surface area (Å²) in [5.74, 6) is -0.0917. The van der Waals surface area contributed by atoms with Crippen LogP contribution in [0.1, 0.15) is 43.9 Å². The van der Waals surface area contributed by atoms with Gasteiger partial charge in [0, 0.05) is 36.9 Å². The summed E-state index contributed by atoms with van der Waals surface area (Å²) in [5, 5.41) is 0.823. The van der Waals surface area contributed by atoms with Crippen molar-refractivity contribution in [2.45, 2.75) is 51.6 Å². The molecule has 210 valence electrons. The number of hydrogen-bond donors (Lipinski definition) is 0. The zero-order valence-corrected chi connectivity index (χ0v) is 23.9. The highest BCUT2D eigenvalue weighted by molar-refractivity contribution is 6.33. The van der Waals surface area contributed by atoms with Crippen LogP contribution < -0.4 is 10.6 Å². The summed E-state index contributed by atoms with van der Waals surface area (Å²) in [6.07, 6.45) is 4.76. The van der Waals surface area contributed by atoms with Crippen LogP contribution in [0.2, 0.25) is 5.02 Å². The molecule has 1 amide bonds. The van der Waals surface area contributed by atoms with Crippen LogP contribution in [0, 0.1) is 12.7 Å². The Balaban J connectivity index is 1.64. The lowest BCUT2D eigenvalue weighted by atomic mass is 10.0. The maximum absolute atomic E-state index is 15.0.